The van der Waals surface area contributed by atoms with Crippen molar-refractivity contribution in [3.63, 3.8) is 0 Å². The maximum absolute atomic E-state index is 9.17. The largest absolute Gasteiger partial charge is 0.292 e. The molecule has 0 fully saturated rings. The number of nitrogens with zero attached hydrogens (tertiary/aromatic N) is 5. The highest BCUT2D eigenvalue weighted by molar-refractivity contribution is 7.77. The molecule has 0 amide bonds. The summed E-state index contributed by atoms with van der Waals surface area (Å²) in [6, 6.07) is 2.10. The van der Waals surface area contributed by atoms with Gasteiger partial charge in [0.25, 0.3) is 0 Å². The van der Waals surface area contributed by atoms with E-state index < -0.39 is 6.29 Å². The summed E-state index contributed by atoms with van der Waals surface area (Å²) >= 11 is 4.19. The lowest BCUT2D eigenvalue weighted by Crippen LogP contribution is -2.39. The molecule has 1 aliphatic rings. The van der Waals surface area contributed by atoms with Crippen molar-refractivity contribution in [2.24, 2.45) is 10.7 Å². The summed E-state index contributed by atoms with van der Waals surface area (Å²) < 4.78 is 3.01. The number of aromatic nitrogens is 2. The van der Waals surface area contributed by atoms with Gasteiger partial charge in [0.05, 0.1) is 6.20 Å². The maximum Gasteiger partial charge on any atom is 0.185 e. The smallest absolute Gasteiger partial charge is 0.185 e. The number of rotatable bonds is 0. The summed E-state index contributed by atoms with van der Waals surface area (Å²) in [6.45, 7) is 3.69. The Bertz CT molecular complexity index is 549. The highest BCUT2D eigenvalue weighted by Gasteiger charge is 2.25. The molecule has 0 aromatic carbocycles. The average Bonchev–Trinajstić information content (AvgIpc) is 2.72. The zero-order valence-corrected chi connectivity index (χ0v) is 10.4. The summed E-state index contributed by atoms with van der Waals surface area (Å²) in [6.07, 6.45) is 2.88. The molecule has 17 heavy (non-hydrogen) atoms. The molecule has 1 aromatic heterocycles. The molecule has 2 N–H and O–H groups in total. The average molecular weight is 248 g/mol. The van der Waals surface area contributed by atoms with Crippen LogP contribution in [0.5, 0.6) is 0 Å². The second kappa shape index (κ2) is 4.24. The number of hydrogen-bond acceptors (Lipinski definition) is 6. The van der Waals surface area contributed by atoms with Crippen LogP contribution >= 0.6 is 12.8 Å². The van der Waals surface area contributed by atoms with Crippen LogP contribution in [0.2, 0.25) is 0 Å². The molecule has 0 radical (unpaired) electrons. The van der Waals surface area contributed by atoms with Crippen molar-refractivity contribution in [1.82, 2.24) is 14.1 Å². The number of allylic oxidation sites excluding steroid dienone is 2. The normalized spacial score (nSPS) is 20.3. The molecule has 1 atom stereocenters. The van der Waals surface area contributed by atoms with E-state index in [1.54, 1.807) is 24.0 Å². The number of aryl methyl sites for hydroxylation is 1. The topological polar surface area (TPSA) is 83.2 Å². The zero-order chi connectivity index (χ0) is 12.6. The number of nitriles is 1. The fourth-order valence-electron chi connectivity index (χ4n) is 1.55. The Hall–Kier alpha value is -1.78. The summed E-state index contributed by atoms with van der Waals surface area (Å²) in [5.41, 5.74) is 7.88. The van der Waals surface area contributed by atoms with Gasteiger partial charge in [0.15, 0.2) is 12.1 Å². The van der Waals surface area contributed by atoms with Crippen molar-refractivity contribution >= 4 is 18.7 Å². The van der Waals surface area contributed by atoms with Crippen LogP contribution in [0.1, 0.15) is 12.5 Å². The summed E-state index contributed by atoms with van der Waals surface area (Å²) in [5, 5.41) is 13.3. The maximum atomic E-state index is 9.17. The van der Waals surface area contributed by atoms with E-state index in [-0.39, 0.29) is 0 Å². The summed E-state index contributed by atoms with van der Waals surface area (Å²) in [4.78, 5) is 4.21. The van der Waals surface area contributed by atoms with E-state index in [9.17, 15) is 5.26 Å². The molecule has 1 aliphatic heterocycles. The van der Waals surface area contributed by atoms with E-state index in [0.29, 0.717) is 17.1 Å². The lowest BCUT2D eigenvalue weighted by molar-refractivity contribution is 0.435. The molecule has 88 valence electrons. The summed E-state index contributed by atoms with van der Waals surface area (Å²) in [7, 11) is 0. The first-order valence-corrected chi connectivity index (χ1v) is 5.39. The van der Waals surface area contributed by atoms with Gasteiger partial charge in [-0.1, -0.05) is 12.8 Å². The summed E-state index contributed by atoms with van der Waals surface area (Å²) in [5.74, 6) is 0.455. The highest BCUT2D eigenvalue weighted by atomic mass is 32.1. The highest BCUT2D eigenvalue weighted by Crippen LogP contribution is 2.21. The van der Waals surface area contributed by atoms with Gasteiger partial charge in [0, 0.05) is 11.9 Å². The molecule has 0 saturated carbocycles. The molecule has 1 aromatic rings. The van der Waals surface area contributed by atoms with E-state index in [0.717, 1.165) is 5.56 Å². The molecule has 0 bridgehead atoms. The molecule has 2 heterocycles. The van der Waals surface area contributed by atoms with E-state index in [1.165, 1.54) is 4.31 Å². The molecule has 0 aliphatic carbocycles. The zero-order valence-electron chi connectivity index (χ0n) is 9.49. The van der Waals surface area contributed by atoms with Gasteiger partial charge in [-0.05, 0) is 19.4 Å². The van der Waals surface area contributed by atoms with Crippen molar-refractivity contribution in [2.75, 3.05) is 0 Å². The van der Waals surface area contributed by atoms with Crippen molar-refractivity contribution in [3.05, 3.63) is 29.2 Å². The van der Waals surface area contributed by atoms with Crippen LogP contribution in [0.4, 0.5) is 0 Å². The Morgan fingerprint density at radius 1 is 1.53 bits per heavy atom. The van der Waals surface area contributed by atoms with Crippen LogP contribution in [0.3, 0.4) is 0 Å². The Morgan fingerprint density at radius 2 is 2.24 bits per heavy atom. The van der Waals surface area contributed by atoms with Gasteiger partial charge in [-0.15, -0.1) is 0 Å². The van der Waals surface area contributed by atoms with Crippen molar-refractivity contribution < 1.29 is 0 Å². The first kappa shape index (κ1) is 11.7. The number of thiol groups is 1. The van der Waals surface area contributed by atoms with Gasteiger partial charge in [-0.25, -0.2) is 9.67 Å². The molecule has 0 spiro atoms. The number of aliphatic imine (C=N–C) groups is 1. The fraction of sp³-hybridized carbons (Fsp3) is 0.300. The third-order valence-electron chi connectivity index (χ3n) is 2.47. The van der Waals surface area contributed by atoms with Crippen LogP contribution in [-0.4, -0.2) is 26.2 Å². The number of nitrogens with two attached hydrogens (primary N) is 1. The minimum Gasteiger partial charge on any atom is -0.292 e. The van der Waals surface area contributed by atoms with Gasteiger partial charge in [0.2, 0.25) is 0 Å². The van der Waals surface area contributed by atoms with Crippen molar-refractivity contribution in [3.8, 4) is 6.07 Å². The van der Waals surface area contributed by atoms with Crippen molar-refractivity contribution in [2.45, 2.75) is 20.1 Å². The molecule has 0 saturated heterocycles. The standard InChI is InChI=1S/C10H12N6S/c1-6-4-13-15(5-6)9-8(3-11)7(2)16(17)10(12)14-9/h4-5,10,17H,12H2,1-2H3. The first-order valence-electron chi connectivity index (χ1n) is 4.99. The quantitative estimate of drug-likeness (QED) is 0.660. The fourth-order valence-corrected chi connectivity index (χ4v) is 1.70. The van der Waals surface area contributed by atoms with Crippen LogP contribution in [0, 0.1) is 18.3 Å². The molecule has 1 unspecified atom stereocenters. The van der Waals surface area contributed by atoms with Gasteiger partial charge in [-0.3, -0.25) is 10.0 Å². The second-order valence-corrected chi connectivity index (χ2v) is 4.18. The second-order valence-electron chi connectivity index (χ2n) is 3.75. The van der Waals surface area contributed by atoms with Crippen LogP contribution in [0.25, 0.3) is 0 Å². The van der Waals surface area contributed by atoms with Crippen LogP contribution < -0.4 is 5.73 Å². The van der Waals surface area contributed by atoms with Gasteiger partial charge < -0.3 is 0 Å². The third-order valence-corrected chi connectivity index (χ3v) is 3.01. The lowest BCUT2D eigenvalue weighted by Gasteiger charge is -2.28. The third kappa shape index (κ3) is 1.92. The van der Waals surface area contributed by atoms with E-state index >= 15 is 0 Å². The van der Waals surface area contributed by atoms with Crippen molar-refractivity contribution in [1.29, 1.82) is 5.26 Å². The molecular formula is C10H12N6S. The molecule has 2 rings (SSSR count). The van der Waals surface area contributed by atoms with Gasteiger partial charge >= 0.3 is 0 Å². The predicted molar refractivity (Wildman–Crippen MR) is 66.9 cm³/mol. The van der Waals surface area contributed by atoms with E-state index in [2.05, 4.69) is 29.0 Å². The number of hydrogen-bond donors (Lipinski definition) is 2. The Labute approximate surface area is 105 Å². The van der Waals surface area contributed by atoms with Gasteiger partial charge in [-0.2, -0.15) is 10.4 Å². The van der Waals surface area contributed by atoms with E-state index in [1.807, 2.05) is 6.92 Å². The monoisotopic (exact) mass is 248 g/mol. The Morgan fingerprint density at radius 3 is 2.76 bits per heavy atom. The van der Waals surface area contributed by atoms with Gasteiger partial charge in [0.1, 0.15) is 11.6 Å². The SMILES string of the molecule is CC1=C(C#N)C(n2cc(C)cn2)=NC(N)N1S. The molecule has 6 nitrogen and oxygen atoms in total. The predicted octanol–water partition coefficient (Wildman–Crippen LogP) is 0.638. The van der Waals surface area contributed by atoms with Crippen LogP contribution in [0.15, 0.2) is 28.7 Å². The Balaban J connectivity index is 2.53. The van der Waals surface area contributed by atoms with Crippen LogP contribution in [-0.2, 0) is 0 Å². The molecule has 7 heteroatoms. The first-order chi connectivity index (χ1) is 8.04. The minimum absolute atomic E-state index is 0.421. The Kier molecular flexibility index (Phi) is 2.92. The lowest BCUT2D eigenvalue weighted by atomic mass is 10.2. The molecular weight excluding hydrogens is 236 g/mol. The minimum atomic E-state index is -0.616. The van der Waals surface area contributed by atoms with E-state index in [4.69, 9.17) is 5.73 Å².